The Balaban J connectivity index is 1.69. The molecule has 24 heavy (non-hydrogen) atoms. The molecule has 0 radical (unpaired) electrons. The molecule has 1 aliphatic rings. The van der Waals surface area contributed by atoms with Crippen LogP contribution in [0.4, 0.5) is 0 Å². The Morgan fingerprint density at radius 2 is 2.29 bits per heavy atom. The Hall–Kier alpha value is -2.31. The smallest absolute Gasteiger partial charge is 0.290 e. The number of rotatable bonds is 2. The number of aromatic nitrogens is 2. The lowest BCUT2D eigenvalue weighted by molar-refractivity contribution is 0.0507. The molecule has 1 N–H and O–H groups in total. The molecule has 1 amide bonds. The number of nitrogens with zero attached hydrogens (tertiary/aromatic N) is 3. The Kier molecular flexibility index (Phi) is 3.58. The van der Waals surface area contributed by atoms with Crippen LogP contribution in [0.3, 0.4) is 0 Å². The second-order valence-electron chi connectivity index (χ2n) is 6.02. The van der Waals surface area contributed by atoms with Gasteiger partial charge in [-0.3, -0.25) is 4.79 Å². The predicted octanol–water partition coefficient (Wildman–Crippen LogP) is 2.38. The maximum Gasteiger partial charge on any atom is 0.290 e. The summed E-state index contributed by atoms with van der Waals surface area (Å²) >= 11 is 5.98. The molecule has 6 nitrogen and oxygen atoms in total. The zero-order valence-corrected chi connectivity index (χ0v) is 13.8. The zero-order valence-electron chi connectivity index (χ0n) is 13.1. The van der Waals surface area contributed by atoms with Gasteiger partial charge in [0.25, 0.3) is 5.91 Å². The summed E-state index contributed by atoms with van der Waals surface area (Å²) in [4.78, 5) is 18.9. The minimum atomic E-state index is -0.294. The molecule has 0 saturated heterocycles. The largest absolute Gasteiger partial charge is 0.451 e. The van der Waals surface area contributed by atoms with Crippen molar-refractivity contribution in [3.8, 4) is 0 Å². The van der Waals surface area contributed by atoms with Crippen LogP contribution in [0.15, 0.2) is 35.0 Å². The minimum absolute atomic E-state index is 0.109. The molecule has 1 aliphatic heterocycles. The summed E-state index contributed by atoms with van der Waals surface area (Å²) in [5.74, 6) is -0.0113. The molecule has 0 fully saturated rings. The van der Waals surface area contributed by atoms with E-state index in [2.05, 4.69) is 4.98 Å². The summed E-state index contributed by atoms with van der Waals surface area (Å²) in [6.07, 6.45) is 2.30. The Labute approximate surface area is 143 Å². The third-order valence-corrected chi connectivity index (χ3v) is 4.73. The van der Waals surface area contributed by atoms with Crippen LogP contribution in [0.2, 0.25) is 5.02 Å². The van der Waals surface area contributed by atoms with E-state index >= 15 is 0 Å². The number of aliphatic hydroxyl groups excluding tert-OH is 1. The van der Waals surface area contributed by atoms with Crippen molar-refractivity contribution < 1.29 is 14.3 Å². The van der Waals surface area contributed by atoms with Gasteiger partial charge in [0, 0.05) is 29.6 Å². The van der Waals surface area contributed by atoms with E-state index in [0.717, 1.165) is 16.8 Å². The number of hydrogen-bond acceptors (Lipinski definition) is 4. The Bertz CT molecular complexity index is 930. The van der Waals surface area contributed by atoms with Crippen molar-refractivity contribution in [2.24, 2.45) is 7.05 Å². The summed E-state index contributed by atoms with van der Waals surface area (Å²) in [5.41, 5.74) is 2.52. The van der Waals surface area contributed by atoms with Gasteiger partial charge in [-0.25, -0.2) is 4.98 Å². The summed E-state index contributed by atoms with van der Waals surface area (Å²) in [6, 6.07) is 6.61. The lowest BCUT2D eigenvalue weighted by Gasteiger charge is -2.33. The maximum atomic E-state index is 12.9. The van der Waals surface area contributed by atoms with Crippen LogP contribution in [0, 0.1) is 0 Å². The lowest BCUT2D eigenvalue weighted by Crippen LogP contribution is -2.46. The number of benzene rings is 1. The fraction of sp³-hybridized carbons (Fsp3) is 0.294. The van der Waals surface area contributed by atoms with E-state index in [1.807, 2.05) is 11.6 Å². The van der Waals surface area contributed by atoms with Crippen molar-refractivity contribution in [1.82, 2.24) is 14.5 Å². The van der Waals surface area contributed by atoms with Crippen LogP contribution < -0.4 is 0 Å². The van der Waals surface area contributed by atoms with Crippen molar-refractivity contribution in [1.29, 1.82) is 0 Å². The fourth-order valence-electron chi connectivity index (χ4n) is 3.18. The molecular weight excluding hydrogens is 330 g/mol. The highest BCUT2D eigenvalue weighted by molar-refractivity contribution is 6.31. The van der Waals surface area contributed by atoms with Gasteiger partial charge in [0.15, 0.2) is 5.76 Å². The van der Waals surface area contributed by atoms with Crippen LogP contribution >= 0.6 is 11.6 Å². The van der Waals surface area contributed by atoms with E-state index < -0.39 is 0 Å². The van der Waals surface area contributed by atoms with Crippen LogP contribution in [0.5, 0.6) is 0 Å². The molecule has 0 saturated carbocycles. The first-order valence-electron chi connectivity index (χ1n) is 7.67. The second-order valence-corrected chi connectivity index (χ2v) is 6.45. The molecule has 1 aromatic carbocycles. The first kappa shape index (κ1) is 15.2. The highest BCUT2D eigenvalue weighted by atomic mass is 35.5. The first-order chi connectivity index (χ1) is 11.6. The van der Waals surface area contributed by atoms with Crippen LogP contribution in [0.1, 0.15) is 21.9 Å². The van der Waals surface area contributed by atoms with Crippen molar-refractivity contribution in [3.63, 3.8) is 0 Å². The fourth-order valence-corrected chi connectivity index (χ4v) is 3.36. The number of amides is 1. The summed E-state index contributed by atoms with van der Waals surface area (Å²) in [5, 5.41) is 11.1. The molecule has 1 atom stereocenters. The monoisotopic (exact) mass is 345 g/mol. The van der Waals surface area contributed by atoms with E-state index in [1.54, 1.807) is 35.5 Å². The van der Waals surface area contributed by atoms with Gasteiger partial charge in [-0.1, -0.05) is 11.6 Å². The summed E-state index contributed by atoms with van der Waals surface area (Å²) < 4.78 is 7.60. The number of carbonyl (C=O) groups excluding carboxylic acids is 1. The predicted molar refractivity (Wildman–Crippen MR) is 88.9 cm³/mol. The van der Waals surface area contributed by atoms with E-state index in [1.165, 1.54) is 0 Å². The van der Waals surface area contributed by atoms with Gasteiger partial charge in [0.2, 0.25) is 0 Å². The topological polar surface area (TPSA) is 71.5 Å². The number of aliphatic hydroxyl groups is 1. The SMILES string of the molecule is Cn1cnc2c1CC(CO)N(C(=O)c1cc3cc(Cl)ccc3o1)C2. The normalized spacial score (nSPS) is 17.3. The Morgan fingerprint density at radius 1 is 1.46 bits per heavy atom. The van der Waals surface area contributed by atoms with Gasteiger partial charge in [0.1, 0.15) is 5.58 Å². The third kappa shape index (κ3) is 2.39. The van der Waals surface area contributed by atoms with E-state index in [0.29, 0.717) is 23.6 Å². The molecule has 7 heteroatoms. The van der Waals surface area contributed by atoms with Crippen molar-refractivity contribution >= 4 is 28.5 Å². The highest BCUT2D eigenvalue weighted by Gasteiger charge is 2.33. The molecule has 0 spiro atoms. The molecule has 124 valence electrons. The van der Waals surface area contributed by atoms with Gasteiger partial charge in [-0.2, -0.15) is 0 Å². The number of hydrogen-bond donors (Lipinski definition) is 1. The Morgan fingerprint density at radius 3 is 3.08 bits per heavy atom. The van der Waals surface area contributed by atoms with Gasteiger partial charge >= 0.3 is 0 Å². The summed E-state index contributed by atoms with van der Waals surface area (Å²) in [7, 11) is 1.92. The average Bonchev–Trinajstić information content (AvgIpc) is 3.16. The zero-order chi connectivity index (χ0) is 16.8. The standard InChI is InChI=1S/C17H16ClN3O3/c1-20-9-19-13-7-21(12(8-22)6-14(13)20)17(23)16-5-10-4-11(18)2-3-15(10)24-16/h2-5,9,12,22H,6-8H2,1H3. The molecule has 2 aromatic heterocycles. The van der Waals surface area contributed by atoms with Crippen LogP contribution in [0.25, 0.3) is 11.0 Å². The lowest BCUT2D eigenvalue weighted by atomic mass is 10.0. The number of imidazole rings is 1. The average molecular weight is 346 g/mol. The van der Waals surface area contributed by atoms with E-state index in [-0.39, 0.29) is 24.3 Å². The first-order valence-corrected chi connectivity index (χ1v) is 8.04. The van der Waals surface area contributed by atoms with Gasteiger partial charge in [-0.15, -0.1) is 0 Å². The van der Waals surface area contributed by atoms with Crippen LogP contribution in [-0.4, -0.2) is 38.1 Å². The number of carbonyl (C=O) groups is 1. The van der Waals surface area contributed by atoms with E-state index in [9.17, 15) is 9.90 Å². The molecule has 4 rings (SSSR count). The van der Waals surface area contributed by atoms with Crippen molar-refractivity contribution in [3.05, 3.63) is 52.8 Å². The number of aryl methyl sites for hydroxylation is 1. The second kappa shape index (κ2) is 5.65. The minimum Gasteiger partial charge on any atom is -0.451 e. The number of furan rings is 1. The third-order valence-electron chi connectivity index (χ3n) is 4.50. The molecule has 0 aliphatic carbocycles. The summed E-state index contributed by atoms with van der Waals surface area (Å²) in [6.45, 7) is 0.250. The van der Waals surface area contributed by atoms with Gasteiger partial charge < -0.3 is 19.0 Å². The van der Waals surface area contributed by atoms with Crippen molar-refractivity contribution in [2.45, 2.75) is 19.0 Å². The molecule has 3 aromatic rings. The van der Waals surface area contributed by atoms with Gasteiger partial charge in [-0.05, 0) is 24.3 Å². The molecular formula is C17H16ClN3O3. The van der Waals surface area contributed by atoms with Crippen molar-refractivity contribution in [2.75, 3.05) is 6.61 Å². The quantitative estimate of drug-likeness (QED) is 0.774. The molecule has 0 bridgehead atoms. The van der Waals surface area contributed by atoms with Gasteiger partial charge in [0.05, 0.1) is 31.2 Å². The van der Waals surface area contributed by atoms with E-state index in [4.69, 9.17) is 16.0 Å². The number of halogens is 1. The highest BCUT2D eigenvalue weighted by Crippen LogP contribution is 2.27. The number of fused-ring (bicyclic) bond motifs is 2. The van der Waals surface area contributed by atoms with Crippen LogP contribution in [-0.2, 0) is 20.0 Å². The molecule has 3 heterocycles. The maximum absolute atomic E-state index is 12.9. The molecule has 1 unspecified atom stereocenters.